The lowest BCUT2D eigenvalue weighted by atomic mass is 9.51. The molecule has 4 aliphatic rings. The maximum atomic E-state index is 6.86. The van der Waals surface area contributed by atoms with Crippen LogP contribution in [0.4, 0.5) is 0 Å². The average Bonchev–Trinajstić information content (AvgIpc) is 3.45. The fraction of sp³-hybridized carbons (Fsp3) is 0.419. The molecule has 0 amide bonds. The van der Waals surface area contributed by atoms with Crippen molar-refractivity contribution in [3.63, 3.8) is 0 Å². The molecular weight excluding hydrogens is 402 g/mol. The largest absolute Gasteiger partial charge is 0.373 e. The highest BCUT2D eigenvalue weighted by Crippen LogP contribution is 2.61. The predicted molar refractivity (Wildman–Crippen MR) is 134 cm³/mol. The van der Waals surface area contributed by atoms with Gasteiger partial charge in [-0.05, 0) is 79.6 Å². The smallest absolute Gasteiger partial charge is 0.0720 e. The van der Waals surface area contributed by atoms with Crippen LogP contribution in [0.15, 0.2) is 91.0 Å². The van der Waals surface area contributed by atoms with E-state index >= 15 is 0 Å². The Labute approximate surface area is 198 Å². The Hall–Kier alpha value is -2.42. The van der Waals surface area contributed by atoms with Crippen LogP contribution in [0.3, 0.4) is 0 Å². The molecular formula is C31H35NO. The first-order chi connectivity index (χ1) is 16.3. The van der Waals surface area contributed by atoms with Gasteiger partial charge in [0.25, 0.3) is 0 Å². The molecule has 0 unspecified atom stereocenters. The van der Waals surface area contributed by atoms with E-state index in [0.717, 1.165) is 0 Å². The van der Waals surface area contributed by atoms with Gasteiger partial charge in [0.2, 0.25) is 0 Å². The van der Waals surface area contributed by atoms with Gasteiger partial charge >= 0.3 is 0 Å². The molecule has 1 aliphatic heterocycles. The molecule has 3 saturated carbocycles. The van der Waals surface area contributed by atoms with E-state index in [0.29, 0.717) is 24.4 Å². The topological polar surface area (TPSA) is 12.5 Å². The van der Waals surface area contributed by atoms with Crippen molar-refractivity contribution in [3.05, 3.63) is 108 Å². The summed E-state index contributed by atoms with van der Waals surface area (Å²) in [5, 5.41) is 0. The van der Waals surface area contributed by atoms with Gasteiger partial charge < -0.3 is 4.74 Å². The van der Waals surface area contributed by atoms with E-state index in [9.17, 15) is 0 Å². The molecule has 3 atom stereocenters. The average molecular weight is 438 g/mol. The van der Waals surface area contributed by atoms with Crippen LogP contribution in [0.5, 0.6) is 0 Å². The van der Waals surface area contributed by atoms with Gasteiger partial charge in [0, 0.05) is 5.54 Å². The van der Waals surface area contributed by atoms with Crippen LogP contribution >= 0.6 is 0 Å². The number of nitrogens with zero attached hydrogens (tertiary/aromatic N) is 1. The summed E-state index contributed by atoms with van der Waals surface area (Å²) in [6, 6.07) is 33.3. The van der Waals surface area contributed by atoms with E-state index in [4.69, 9.17) is 4.74 Å². The van der Waals surface area contributed by atoms with E-state index in [1.165, 1.54) is 61.9 Å². The van der Waals surface area contributed by atoms with E-state index in [1.807, 2.05) is 0 Å². The Bertz CT molecular complexity index is 979. The molecule has 2 bridgehead atoms. The van der Waals surface area contributed by atoms with Crippen LogP contribution in [0.25, 0.3) is 0 Å². The van der Waals surface area contributed by atoms with Crippen LogP contribution in [0.2, 0.25) is 0 Å². The summed E-state index contributed by atoms with van der Waals surface area (Å²) in [5.41, 5.74) is 4.52. The Morgan fingerprint density at radius 3 is 1.73 bits per heavy atom. The van der Waals surface area contributed by atoms with Gasteiger partial charge in [-0.25, -0.2) is 0 Å². The number of benzene rings is 3. The molecule has 1 heterocycles. The number of ether oxygens (including phenoxy) is 1. The zero-order valence-electron chi connectivity index (χ0n) is 19.5. The molecule has 3 aromatic rings. The molecule has 33 heavy (non-hydrogen) atoms. The lowest BCUT2D eigenvalue weighted by Gasteiger charge is -2.61. The number of hydrogen-bond donors (Lipinski definition) is 0. The summed E-state index contributed by atoms with van der Waals surface area (Å²) < 4.78 is 6.86. The summed E-state index contributed by atoms with van der Waals surface area (Å²) in [6.45, 7) is 3.21. The van der Waals surface area contributed by atoms with Crippen molar-refractivity contribution < 1.29 is 4.74 Å². The molecule has 3 aromatic carbocycles. The van der Waals surface area contributed by atoms with Crippen molar-refractivity contribution in [2.75, 3.05) is 13.1 Å². The van der Waals surface area contributed by atoms with Gasteiger partial charge in [0.05, 0.1) is 12.7 Å². The highest BCUT2D eigenvalue weighted by atomic mass is 16.5. The fourth-order valence-electron chi connectivity index (χ4n) is 7.26. The van der Waals surface area contributed by atoms with Crippen molar-refractivity contribution in [2.45, 2.75) is 62.2 Å². The second-order valence-corrected chi connectivity index (χ2v) is 10.5. The second-order valence-electron chi connectivity index (χ2n) is 10.5. The van der Waals surface area contributed by atoms with Crippen LogP contribution in [0.1, 0.15) is 60.6 Å². The molecule has 0 radical (unpaired) electrons. The number of hydrogen-bond acceptors (Lipinski definition) is 2. The maximum Gasteiger partial charge on any atom is 0.0720 e. The maximum absolute atomic E-state index is 6.86. The number of fused-ring (bicyclic) bond motifs is 3. The van der Waals surface area contributed by atoms with Crippen LogP contribution < -0.4 is 0 Å². The SMILES string of the molecule is c1ccc(CO[C@@H]2CC3(N4CCCC4)C[C@@H](c4ccccc4)C2[C@H](c2ccccc2)C3)cc1. The molecule has 0 aromatic heterocycles. The third-order valence-corrected chi connectivity index (χ3v) is 8.68. The van der Waals surface area contributed by atoms with Gasteiger partial charge in [-0.1, -0.05) is 91.0 Å². The Morgan fingerprint density at radius 2 is 1.18 bits per heavy atom. The first-order valence-electron chi connectivity index (χ1n) is 12.8. The van der Waals surface area contributed by atoms with Crippen molar-refractivity contribution in [1.82, 2.24) is 4.90 Å². The standard InChI is InChI=1S/C31H35NO/c1-4-12-24(13-5-1)23-33-29-22-31(32-18-10-11-19-32)20-27(25-14-6-2-7-15-25)30(29)28(21-31)26-16-8-3-9-17-26/h1-9,12-17,27-30H,10-11,18-23H2/t27-,28-,29+,30?,31?/m0/s1. The predicted octanol–water partition coefficient (Wildman–Crippen LogP) is 6.79. The van der Waals surface area contributed by atoms with Crippen LogP contribution in [0, 0.1) is 5.92 Å². The summed E-state index contributed by atoms with van der Waals surface area (Å²) >= 11 is 0. The number of likely N-dealkylation sites (tertiary alicyclic amines) is 1. The lowest BCUT2D eigenvalue weighted by Crippen LogP contribution is -2.62. The Balaban J connectivity index is 1.41. The molecule has 2 heteroatoms. The molecule has 1 saturated heterocycles. The fourth-order valence-corrected chi connectivity index (χ4v) is 7.26. The summed E-state index contributed by atoms with van der Waals surface area (Å²) in [7, 11) is 0. The van der Waals surface area contributed by atoms with Gasteiger partial charge in [-0.3, -0.25) is 4.90 Å². The van der Waals surface area contributed by atoms with Gasteiger partial charge in [0.1, 0.15) is 0 Å². The molecule has 2 nitrogen and oxygen atoms in total. The van der Waals surface area contributed by atoms with Gasteiger partial charge in [-0.15, -0.1) is 0 Å². The van der Waals surface area contributed by atoms with E-state index in [-0.39, 0.29) is 11.6 Å². The molecule has 3 aliphatic carbocycles. The summed E-state index contributed by atoms with van der Waals surface area (Å²) in [5.74, 6) is 1.60. The highest BCUT2D eigenvalue weighted by Gasteiger charge is 2.58. The zero-order chi connectivity index (χ0) is 22.1. The third-order valence-electron chi connectivity index (χ3n) is 8.68. The van der Waals surface area contributed by atoms with Crippen molar-refractivity contribution in [2.24, 2.45) is 5.92 Å². The van der Waals surface area contributed by atoms with Gasteiger partial charge in [-0.2, -0.15) is 0 Å². The molecule has 0 N–H and O–H groups in total. The molecule has 170 valence electrons. The minimum absolute atomic E-state index is 0.244. The highest BCUT2D eigenvalue weighted by molar-refractivity contribution is 5.33. The normalized spacial score (nSPS) is 31.6. The first kappa shape index (κ1) is 21.1. The minimum Gasteiger partial charge on any atom is -0.373 e. The zero-order valence-corrected chi connectivity index (χ0v) is 19.5. The van der Waals surface area contributed by atoms with Crippen molar-refractivity contribution in [3.8, 4) is 0 Å². The monoisotopic (exact) mass is 437 g/mol. The Kier molecular flexibility index (Phi) is 5.82. The second kappa shape index (κ2) is 9.08. The minimum atomic E-state index is 0.244. The van der Waals surface area contributed by atoms with Crippen molar-refractivity contribution >= 4 is 0 Å². The molecule has 0 spiro atoms. The quantitative estimate of drug-likeness (QED) is 0.421. The molecule has 4 fully saturated rings. The Morgan fingerprint density at radius 1 is 0.667 bits per heavy atom. The third kappa shape index (κ3) is 4.05. The van der Waals surface area contributed by atoms with E-state index < -0.39 is 0 Å². The summed E-state index contributed by atoms with van der Waals surface area (Å²) in [6.07, 6.45) is 6.69. The first-order valence-corrected chi connectivity index (χ1v) is 12.8. The van der Waals surface area contributed by atoms with E-state index in [2.05, 4.69) is 95.9 Å². The van der Waals surface area contributed by atoms with Crippen LogP contribution in [-0.2, 0) is 11.3 Å². The van der Waals surface area contributed by atoms with Crippen LogP contribution in [-0.4, -0.2) is 29.6 Å². The summed E-state index contributed by atoms with van der Waals surface area (Å²) in [4.78, 5) is 2.85. The van der Waals surface area contributed by atoms with Crippen molar-refractivity contribution in [1.29, 1.82) is 0 Å². The van der Waals surface area contributed by atoms with E-state index in [1.54, 1.807) is 0 Å². The molecule has 7 rings (SSSR count). The number of rotatable bonds is 6. The lowest BCUT2D eigenvalue weighted by molar-refractivity contribution is -0.130. The van der Waals surface area contributed by atoms with Gasteiger partial charge in [0.15, 0.2) is 0 Å².